The van der Waals surface area contributed by atoms with Crippen LogP contribution in [-0.2, 0) is 11.2 Å². The van der Waals surface area contributed by atoms with Crippen LogP contribution in [0.5, 0.6) is 11.5 Å². The minimum atomic E-state index is 0.125. The van der Waals surface area contributed by atoms with Gasteiger partial charge in [-0.05, 0) is 24.3 Å². The van der Waals surface area contributed by atoms with Crippen molar-refractivity contribution < 1.29 is 14.3 Å². The van der Waals surface area contributed by atoms with Gasteiger partial charge in [0.1, 0.15) is 11.5 Å². The lowest BCUT2D eigenvalue weighted by Crippen LogP contribution is -2.34. The first-order chi connectivity index (χ1) is 9.72. The van der Waals surface area contributed by atoms with E-state index in [4.69, 9.17) is 9.47 Å². The van der Waals surface area contributed by atoms with Gasteiger partial charge in [0.15, 0.2) is 0 Å². The Balaban J connectivity index is 1.83. The van der Waals surface area contributed by atoms with Crippen LogP contribution in [-0.4, -0.2) is 38.2 Å². The lowest BCUT2D eigenvalue weighted by molar-refractivity contribution is -0.120. The molecule has 0 unspecified atom stereocenters. The van der Waals surface area contributed by atoms with Crippen molar-refractivity contribution in [3.8, 4) is 11.5 Å². The lowest BCUT2D eigenvalue weighted by atomic mass is 9.96. The molecule has 1 amide bonds. The summed E-state index contributed by atoms with van der Waals surface area (Å²) in [7, 11) is 1.65. The smallest absolute Gasteiger partial charge is 0.220 e. The van der Waals surface area contributed by atoms with Crippen molar-refractivity contribution >= 4 is 17.7 Å². The highest BCUT2D eigenvalue weighted by Crippen LogP contribution is 2.30. The highest BCUT2D eigenvalue weighted by molar-refractivity contribution is 7.98. The number of methoxy groups -OCH3 is 1. The fraction of sp³-hybridized carbons (Fsp3) is 0.533. The number of ether oxygens (including phenoxy) is 2. The largest absolute Gasteiger partial charge is 0.497 e. The fourth-order valence-electron chi connectivity index (χ4n) is 2.21. The molecule has 0 aliphatic carbocycles. The van der Waals surface area contributed by atoms with E-state index >= 15 is 0 Å². The number of fused-ring (bicyclic) bond motifs is 1. The van der Waals surface area contributed by atoms with E-state index in [-0.39, 0.29) is 5.91 Å². The molecule has 0 saturated carbocycles. The van der Waals surface area contributed by atoms with Crippen molar-refractivity contribution in [1.29, 1.82) is 0 Å². The molecular weight excluding hydrogens is 274 g/mol. The van der Waals surface area contributed by atoms with Crippen LogP contribution >= 0.6 is 11.8 Å². The third-order valence-corrected chi connectivity index (χ3v) is 3.99. The minimum Gasteiger partial charge on any atom is -0.497 e. The SMILES string of the molecule is COc1ccc2c(c1)OC[C@H](CNC(=O)CCSC)C2. The molecule has 0 radical (unpaired) electrons. The summed E-state index contributed by atoms with van der Waals surface area (Å²) in [6.45, 7) is 1.32. The van der Waals surface area contributed by atoms with Gasteiger partial charge in [-0.15, -0.1) is 0 Å². The second kappa shape index (κ2) is 7.43. The highest BCUT2D eigenvalue weighted by atomic mass is 32.2. The number of nitrogens with one attached hydrogen (secondary N) is 1. The number of carbonyl (C=O) groups excluding carboxylic acids is 1. The fourth-order valence-corrected chi connectivity index (χ4v) is 2.60. The topological polar surface area (TPSA) is 47.6 Å². The van der Waals surface area contributed by atoms with Crippen LogP contribution in [0.15, 0.2) is 18.2 Å². The number of benzene rings is 1. The average molecular weight is 295 g/mol. The molecule has 0 bridgehead atoms. The first-order valence-corrected chi connectivity index (χ1v) is 8.17. The van der Waals surface area contributed by atoms with E-state index in [0.29, 0.717) is 25.5 Å². The molecule has 20 heavy (non-hydrogen) atoms. The standard InChI is InChI=1S/C15H21NO3S/c1-18-13-4-3-12-7-11(10-19-14(12)8-13)9-16-15(17)5-6-20-2/h3-4,8,11H,5-7,9-10H2,1-2H3,(H,16,17)/t11-/m0/s1. The quantitative estimate of drug-likeness (QED) is 0.873. The Kier molecular flexibility index (Phi) is 5.59. The molecule has 1 N–H and O–H groups in total. The predicted octanol–water partition coefficient (Wildman–Crippen LogP) is 2.12. The third kappa shape index (κ3) is 4.07. The van der Waals surface area contributed by atoms with Crippen molar-refractivity contribution in [2.45, 2.75) is 12.8 Å². The van der Waals surface area contributed by atoms with E-state index < -0.39 is 0 Å². The Morgan fingerprint density at radius 3 is 3.15 bits per heavy atom. The zero-order chi connectivity index (χ0) is 14.4. The first kappa shape index (κ1) is 15.0. The summed E-state index contributed by atoms with van der Waals surface area (Å²) in [5.74, 6) is 3.05. The molecule has 0 saturated heterocycles. The molecule has 0 fully saturated rings. The summed E-state index contributed by atoms with van der Waals surface area (Å²) in [5, 5.41) is 2.98. The number of thioether (sulfide) groups is 1. The molecule has 4 nitrogen and oxygen atoms in total. The van der Waals surface area contributed by atoms with Crippen LogP contribution in [0, 0.1) is 5.92 Å². The van der Waals surface area contributed by atoms with E-state index in [9.17, 15) is 4.79 Å². The van der Waals surface area contributed by atoms with Gasteiger partial charge in [0.2, 0.25) is 5.91 Å². The lowest BCUT2D eigenvalue weighted by Gasteiger charge is -2.25. The van der Waals surface area contributed by atoms with Gasteiger partial charge in [-0.2, -0.15) is 11.8 Å². The summed E-state index contributed by atoms with van der Waals surface area (Å²) in [4.78, 5) is 11.6. The van der Waals surface area contributed by atoms with Crippen LogP contribution in [0.4, 0.5) is 0 Å². The maximum atomic E-state index is 11.6. The number of rotatable bonds is 6. The average Bonchev–Trinajstić information content (AvgIpc) is 2.50. The zero-order valence-electron chi connectivity index (χ0n) is 12.0. The zero-order valence-corrected chi connectivity index (χ0v) is 12.8. The molecule has 2 rings (SSSR count). The van der Waals surface area contributed by atoms with Crippen molar-refractivity contribution in [1.82, 2.24) is 5.32 Å². The van der Waals surface area contributed by atoms with E-state index in [2.05, 4.69) is 5.32 Å². The predicted molar refractivity (Wildman–Crippen MR) is 81.7 cm³/mol. The van der Waals surface area contributed by atoms with Gasteiger partial charge >= 0.3 is 0 Å². The minimum absolute atomic E-state index is 0.125. The summed E-state index contributed by atoms with van der Waals surface area (Å²) < 4.78 is 10.9. The molecule has 0 spiro atoms. The van der Waals surface area contributed by atoms with Crippen LogP contribution in [0.2, 0.25) is 0 Å². The van der Waals surface area contributed by atoms with E-state index in [0.717, 1.165) is 23.7 Å². The van der Waals surface area contributed by atoms with Gasteiger partial charge in [-0.1, -0.05) is 6.07 Å². The molecule has 1 aliphatic rings. The van der Waals surface area contributed by atoms with Gasteiger partial charge in [0.25, 0.3) is 0 Å². The van der Waals surface area contributed by atoms with Crippen LogP contribution in [0.3, 0.4) is 0 Å². The van der Waals surface area contributed by atoms with Gasteiger partial charge in [0, 0.05) is 30.7 Å². The molecule has 1 aromatic rings. The Morgan fingerprint density at radius 1 is 1.55 bits per heavy atom. The Morgan fingerprint density at radius 2 is 2.40 bits per heavy atom. The second-order valence-electron chi connectivity index (χ2n) is 4.90. The van der Waals surface area contributed by atoms with Gasteiger partial charge in [0.05, 0.1) is 13.7 Å². The monoisotopic (exact) mass is 295 g/mol. The van der Waals surface area contributed by atoms with Crippen molar-refractivity contribution in [3.05, 3.63) is 23.8 Å². The summed E-state index contributed by atoms with van der Waals surface area (Å²) in [5.41, 5.74) is 1.18. The maximum absolute atomic E-state index is 11.6. The normalized spacial score (nSPS) is 17.0. The first-order valence-electron chi connectivity index (χ1n) is 6.78. The second-order valence-corrected chi connectivity index (χ2v) is 5.89. The summed E-state index contributed by atoms with van der Waals surface area (Å²) >= 11 is 1.69. The molecular formula is C15H21NO3S. The Bertz CT molecular complexity index is 464. The summed E-state index contributed by atoms with van der Waals surface area (Å²) in [6, 6.07) is 5.90. The number of hydrogen-bond donors (Lipinski definition) is 1. The van der Waals surface area contributed by atoms with Crippen LogP contribution in [0.25, 0.3) is 0 Å². The Labute approximate surface area is 124 Å². The number of carbonyl (C=O) groups is 1. The molecule has 0 aromatic heterocycles. The number of hydrogen-bond acceptors (Lipinski definition) is 4. The number of amides is 1. The third-order valence-electron chi connectivity index (χ3n) is 3.38. The molecule has 1 heterocycles. The van der Waals surface area contributed by atoms with Crippen LogP contribution < -0.4 is 14.8 Å². The molecule has 1 aromatic carbocycles. The van der Waals surface area contributed by atoms with E-state index in [1.165, 1.54) is 5.56 Å². The van der Waals surface area contributed by atoms with Gasteiger partial charge in [-0.3, -0.25) is 4.79 Å². The van der Waals surface area contributed by atoms with Crippen molar-refractivity contribution in [2.24, 2.45) is 5.92 Å². The van der Waals surface area contributed by atoms with Crippen molar-refractivity contribution in [2.75, 3.05) is 32.3 Å². The van der Waals surface area contributed by atoms with Gasteiger partial charge in [-0.25, -0.2) is 0 Å². The van der Waals surface area contributed by atoms with Crippen molar-refractivity contribution in [3.63, 3.8) is 0 Å². The van der Waals surface area contributed by atoms with Crippen LogP contribution in [0.1, 0.15) is 12.0 Å². The molecule has 1 atom stereocenters. The Hall–Kier alpha value is -1.36. The van der Waals surface area contributed by atoms with E-state index in [1.807, 2.05) is 24.5 Å². The molecule has 5 heteroatoms. The van der Waals surface area contributed by atoms with Gasteiger partial charge < -0.3 is 14.8 Å². The maximum Gasteiger partial charge on any atom is 0.220 e. The van der Waals surface area contributed by atoms with E-state index in [1.54, 1.807) is 18.9 Å². The molecule has 110 valence electrons. The molecule has 1 aliphatic heterocycles. The summed E-state index contributed by atoms with van der Waals surface area (Å²) in [6.07, 6.45) is 3.53. The highest BCUT2D eigenvalue weighted by Gasteiger charge is 2.20.